The Morgan fingerprint density at radius 2 is 2.10 bits per heavy atom. The number of anilines is 1. The standard InChI is InChI=1S/C13H17N5OS/c14-9-13(4-2-1-3-5-13)18-10(19)8-20-12-11(15)16-6-7-17-12/h6-7H,1-5,8H2,(H2,15,16)(H,18,19). The van der Waals surface area contributed by atoms with Crippen LogP contribution in [0.5, 0.6) is 0 Å². The highest BCUT2D eigenvalue weighted by molar-refractivity contribution is 8.00. The lowest BCUT2D eigenvalue weighted by molar-refractivity contribution is -0.120. The first-order valence-electron chi connectivity index (χ1n) is 6.57. The summed E-state index contributed by atoms with van der Waals surface area (Å²) in [6.45, 7) is 0. The molecule has 0 saturated heterocycles. The summed E-state index contributed by atoms with van der Waals surface area (Å²) in [7, 11) is 0. The van der Waals surface area contributed by atoms with E-state index in [1.807, 2.05) is 0 Å². The molecule has 1 saturated carbocycles. The number of nitrogen functional groups attached to an aromatic ring is 1. The average molecular weight is 291 g/mol. The first kappa shape index (κ1) is 14.6. The van der Waals surface area contributed by atoms with E-state index in [2.05, 4.69) is 21.4 Å². The molecule has 0 bridgehead atoms. The number of hydrogen-bond donors (Lipinski definition) is 2. The lowest BCUT2D eigenvalue weighted by Gasteiger charge is -2.31. The molecule has 0 radical (unpaired) electrons. The fourth-order valence-electron chi connectivity index (χ4n) is 2.30. The van der Waals surface area contributed by atoms with Crippen LogP contribution in [0.25, 0.3) is 0 Å². The first-order valence-corrected chi connectivity index (χ1v) is 7.55. The highest BCUT2D eigenvalue weighted by Crippen LogP contribution is 2.28. The van der Waals surface area contributed by atoms with Gasteiger partial charge in [0.2, 0.25) is 5.91 Å². The number of nitrogens with one attached hydrogen (secondary N) is 1. The number of nitrogens with zero attached hydrogens (tertiary/aromatic N) is 3. The van der Waals surface area contributed by atoms with Crippen molar-refractivity contribution in [3.63, 3.8) is 0 Å². The molecule has 0 atom stereocenters. The van der Waals surface area contributed by atoms with Crippen molar-refractivity contribution in [1.82, 2.24) is 15.3 Å². The Morgan fingerprint density at radius 1 is 1.40 bits per heavy atom. The Kier molecular flexibility index (Phi) is 4.79. The van der Waals surface area contributed by atoms with Crippen molar-refractivity contribution in [3.8, 4) is 6.07 Å². The Morgan fingerprint density at radius 3 is 2.75 bits per heavy atom. The third-order valence-corrected chi connectivity index (χ3v) is 4.33. The van der Waals surface area contributed by atoms with Crippen LogP contribution in [0.4, 0.5) is 5.82 Å². The van der Waals surface area contributed by atoms with Crippen molar-refractivity contribution < 1.29 is 4.79 Å². The maximum absolute atomic E-state index is 12.0. The molecule has 0 aliphatic heterocycles. The molecule has 6 nitrogen and oxygen atoms in total. The normalized spacial score (nSPS) is 17.1. The van der Waals surface area contributed by atoms with Crippen LogP contribution in [0, 0.1) is 11.3 Å². The van der Waals surface area contributed by atoms with Crippen LogP contribution in [-0.2, 0) is 4.79 Å². The Balaban J connectivity index is 1.89. The van der Waals surface area contributed by atoms with E-state index in [-0.39, 0.29) is 11.7 Å². The summed E-state index contributed by atoms with van der Waals surface area (Å²) < 4.78 is 0. The molecule has 1 aliphatic rings. The summed E-state index contributed by atoms with van der Waals surface area (Å²) in [5, 5.41) is 12.7. The number of hydrogen-bond acceptors (Lipinski definition) is 6. The van der Waals surface area contributed by atoms with E-state index in [1.165, 1.54) is 24.2 Å². The minimum absolute atomic E-state index is 0.163. The maximum Gasteiger partial charge on any atom is 0.231 e. The number of thioether (sulfide) groups is 1. The van der Waals surface area contributed by atoms with Crippen molar-refractivity contribution in [2.45, 2.75) is 42.7 Å². The van der Waals surface area contributed by atoms with Gasteiger partial charge in [-0.3, -0.25) is 4.79 Å². The topological polar surface area (TPSA) is 105 Å². The molecule has 1 heterocycles. The minimum atomic E-state index is -0.691. The van der Waals surface area contributed by atoms with Gasteiger partial charge in [-0.05, 0) is 12.8 Å². The minimum Gasteiger partial charge on any atom is -0.381 e. The van der Waals surface area contributed by atoms with Gasteiger partial charge < -0.3 is 11.1 Å². The van der Waals surface area contributed by atoms with E-state index >= 15 is 0 Å². The van der Waals surface area contributed by atoms with E-state index in [4.69, 9.17) is 5.73 Å². The monoisotopic (exact) mass is 291 g/mol. The fourth-order valence-corrected chi connectivity index (χ4v) is 2.98. The van der Waals surface area contributed by atoms with Crippen LogP contribution in [0.1, 0.15) is 32.1 Å². The number of nitriles is 1. The third-order valence-electron chi connectivity index (χ3n) is 3.33. The van der Waals surface area contributed by atoms with Crippen LogP contribution in [-0.4, -0.2) is 27.2 Å². The molecule has 20 heavy (non-hydrogen) atoms. The van der Waals surface area contributed by atoms with Gasteiger partial charge in [0.25, 0.3) is 0 Å². The van der Waals surface area contributed by atoms with E-state index in [0.29, 0.717) is 10.8 Å². The Bertz CT molecular complexity index is 522. The van der Waals surface area contributed by atoms with Gasteiger partial charge in [-0.2, -0.15) is 5.26 Å². The van der Waals surface area contributed by atoms with Crippen molar-refractivity contribution in [2.75, 3.05) is 11.5 Å². The summed E-state index contributed by atoms with van der Waals surface area (Å²) in [6.07, 6.45) is 7.60. The first-order chi connectivity index (χ1) is 9.65. The summed E-state index contributed by atoms with van der Waals surface area (Å²) in [5.74, 6) is 0.341. The molecule has 1 amide bonds. The van der Waals surface area contributed by atoms with Crippen LogP contribution in [0.2, 0.25) is 0 Å². The molecule has 1 aromatic heterocycles. The predicted octanol–water partition coefficient (Wildman–Crippen LogP) is 1.49. The molecular weight excluding hydrogens is 274 g/mol. The van der Waals surface area contributed by atoms with Gasteiger partial charge in [0, 0.05) is 12.4 Å². The third kappa shape index (κ3) is 3.61. The molecule has 0 unspecified atom stereocenters. The predicted molar refractivity (Wildman–Crippen MR) is 76.7 cm³/mol. The Hall–Kier alpha value is -1.81. The molecule has 7 heteroatoms. The van der Waals surface area contributed by atoms with Gasteiger partial charge in [-0.1, -0.05) is 31.0 Å². The summed E-state index contributed by atoms with van der Waals surface area (Å²) >= 11 is 1.23. The number of carbonyl (C=O) groups is 1. The largest absolute Gasteiger partial charge is 0.381 e. The number of amides is 1. The van der Waals surface area contributed by atoms with Crippen molar-refractivity contribution in [2.24, 2.45) is 0 Å². The number of nitrogens with two attached hydrogens (primary N) is 1. The zero-order valence-corrected chi connectivity index (χ0v) is 11.9. The summed E-state index contributed by atoms with van der Waals surface area (Å²) in [5.41, 5.74) is 4.97. The second kappa shape index (κ2) is 6.57. The Labute approximate surface area is 122 Å². The van der Waals surface area contributed by atoms with E-state index in [1.54, 1.807) is 0 Å². The van der Waals surface area contributed by atoms with Crippen molar-refractivity contribution >= 4 is 23.5 Å². The van der Waals surface area contributed by atoms with Crippen LogP contribution in [0.3, 0.4) is 0 Å². The molecule has 0 aromatic carbocycles. The molecule has 1 aliphatic carbocycles. The van der Waals surface area contributed by atoms with E-state index in [9.17, 15) is 10.1 Å². The molecule has 106 valence electrons. The summed E-state index contributed by atoms with van der Waals surface area (Å²) in [6, 6.07) is 2.26. The molecule has 1 fully saturated rings. The zero-order chi connectivity index (χ0) is 14.4. The number of carbonyl (C=O) groups excluding carboxylic acids is 1. The van der Waals surface area contributed by atoms with Gasteiger partial charge in [-0.25, -0.2) is 9.97 Å². The molecular formula is C13H17N5OS. The molecule has 3 N–H and O–H groups in total. The highest BCUT2D eigenvalue weighted by Gasteiger charge is 2.33. The molecule has 1 aromatic rings. The van der Waals surface area contributed by atoms with Crippen molar-refractivity contribution in [3.05, 3.63) is 12.4 Å². The van der Waals surface area contributed by atoms with Crippen LogP contribution in [0.15, 0.2) is 17.4 Å². The van der Waals surface area contributed by atoms with Gasteiger partial charge in [0.1, 0.15) is 10.6 Å². The number of aromatic nitrogens is 2. The van der Waals surface area contributed by atoms with E-state index in [0.717, 1.165) is 32.1 Å². The fraction of sp³-hybridized carbons (Fsp3) is 0.538. The second-order valence-electron chi connectivity index (χ2n) is 4.84. The summed E-state index contributed by atoms with van der Waals surface area (Å²) in [4.78, 5) is 20.0. The SMILES string of the molecule is N#CC1(NC(=O)CSc2nccnc2N)CCCCC1. The lowest BCUT2D eigenvalue weighted by atomic mass is 9.83. The maximum atomic E-state index is 12.0. The smallest absolute Gasteiger partial charge is 0.231 e. The van der Waals surface area contributed by atoms with Gasteiger partial charge >= 0.3 is 0 Å². The van der Waals surface area contributed by atoms with Gasteiger partial charge in [-0.15, -0.1) is 0 Å². The van der Waals surface area contributed by atoms with Gasteiger partial charge in [0.15, 0.2) is 5.82 Å². The van der Waals surface area contributed by atoms with Crippen LogP contribution < -0.4 is 11.1 Å². The lowest BCUT2D eigenvalue weighted by Crippen LogP contribution is -2.49. The van der Waals surface area contributed by atoms with Crippen molar-refractivity contribution in [1.29, 1.82) is 5.26 Å². The second-order valence-corrected chi connectivity index (χ2v) is 5.80. The average Bonchev–Trinajstić information content (AvgIpc) is 2.47. The van der Waals surface area contributed by atoms with Crippen LogP contribution >= 0.6 is 11.8 Å². The number of rotatable bonds is 4. The highest BCUT2D eigenvalue weighted by atomic mass is 32.2. The molecule has 0 spiro atoms. The molecule has 2 rings (SSSR count). The van der Waals surface area contributed by atoms with E-state index < -0.39 is 5.54 Å². The quantitative estimate of drug-likeness (QED) is 0.814. The van der Waals surface area contributed by atoms with Gasteiger partial charge in [0.05, 0.1) is 11.8 Å². The zero-order valence-electron chi connectivity index (χ0n) is 11.1.